The van der Waals surface area contributed by atoms with Crippen LogP contribution in [0.15, 0.2) is 59.4 Å². The number of anilines is 2. The molecule has 1 N–H and O–H groups in total. The summed E-state index contributed by atoms with van der Waals surface area (Å²) in [6.45, 7) is 4.58. The second-order valence-corrected chi connectivity index (χ2v) is 5.80. The van der Waals surface area contributed by atoms with Crippen molar-refractivity contribution in [3.8, 4) is 17.0 Å². The Morgan fingerprint density at radius 1 is 1.04 bits per heavy atom. The van der Waals surface area contributed by atoms with Crippen molar-refractivity contribution in [3.05, 3.63) is 60.4 Å². The summed E-state index contributed by atoms with van der Waals surface area (Å²) in [5.74, 6) is 1.39. The van der Waals surface area contributed by atoms with Gasteiger partial charge < -0.3 is 14.6 Å². The predicted molar refractivity (Wildman–Crippen MR) is 101 cm³/mol. The van der Waals surface area contributed by atoms with Crippen LogP contribution >= 0.6 is 0 Å². The molecule has 26 heavy (non-hydrogen) atoms. The molecule has 2 heterocycles. The summed E-state index contributed by atoms with van der Waals surface area (Å²) in [6, 6.07) is 15.8. The monoisotopic (exact) mass is 346 g/mol. The number of hydrogen-bond acceptors (Lipinski definition) is 6. The Bertz CT molecular complexity index is 1060. The van der Waals surface area contributed by atoms with Gasteiger partial charge in [0, 0.05) is 5.56 Å². The van der Waals surface area contributed by atoms with E-state index >= 15 is 0 Å². The maximum atomic E-state index is 5.69. The van der Waals surface area contributed by atoms with Gasteiger partial charge in [0.1, 0.15) is 29.0 Å². The van der Waals surface area contributed by atoms with Gasteiger partial charge in [-0.25, -0.2) is 4.98 Å². The number of hydrogen-bond donors (Lipinski definition) is 1. The van der Waals surface area contributed by atoms with Crippen molar-refractivity contribution < 1.29 is 9.26 Å². The SMILES string of the molecule is CCOc1ccccc1Nc1ncnc2onc(-c3ccccc3C)c12. The average Bonchev–Trinajstić information content (AvgIpc) is 3.09. The van der Waals surface area contributed by atoms with Gasteiger partial charge in [0.25, 0.3) is 5.71 Å². The summed E-state index contributed by atoms with van der Waals surface area (Å²) in [4.78, 5) is 8.62. The van der Waals surface area contributed by atoms with Crippen molar-refractivity contribution in [1.82, 2.24) is 15.1 Å². The Labute approximate surface area is 150 Å². The molecular weight excluding hydrogens is 328 g/mol. The minimum absolute atomic E-state index is 0.439. The van der Waals surface area contributed by atoms with Crippen LogP contribution in [0.25, 0.3) is 22.4 Å². The fourth-order valence-electron chi connectivity index (χ4n) is 2.88. The molecule has 0 aliphatic carbocycles. The molecule has 130 valence electrons. The van der Waals surface area contributed by atoms with Crippen LogP contribution in [0, 0.1) is 6.92 Å². The molecule has 0 unspecified atom stereocenters. The van der Waals surface area contributed by atoms with E-state index < -0.39 is 0 Å². The first kappa shape index (κ1) is 16.1. The largest absolute Gasteiger partial charge is 0.492 e. The molecule has 4 aromatic rings. The van der Waals surface area contributed by atoms with Gasteiger partial charge >= 0.3 is 0 Å². The van der Waals surface area contributed by atoms with Gasteiger partial charge in [0.2, 0.25) is 0 Å². The first-order valence-corrected chi connectivity index (χ1v) is 8.43. The van der Waals surface area contributed by atoms with E-state index in [4.69, 9.17) is 9.26 Å². The maximum Gasteiger partial charge on any atom is 0.263 e. The molecule has 2 aromatic heterocycles. The standard InChI is InChI=1S/C20H18N4O2/c1-3-25-16-11-7-6-10-15(16)23-19-17-18(14-9-5-4-8-13(14)2)24-26-20(17)22-12-21-19/h4-12H,3H2,1-2H3,(H,21,22,23). The van der Waals surface area contributed by atoms with Crippen LogP contribution in [0.2, 0.25) is 0 Å². The second-order valence-electron chi connectivity index (χ2n) is 5.80. The lowest BCUT2D eigenvalue weighted by Gasteiger charge is -2.12. The zero-order valence-electron chi connectivity index (χ0n) is 14.6. The molecule has 6 heteroatoms. The quantitative estimate of drug-likeness (QED) is 0.563. The average molecular weight is 346 g/mol. The highest BCUT2D eigenvalue weighted by Crippen LogP contribution is 2.35. The summed E-state index contributed by atoms with van der Waals surface area (Å²) in [7, 11) is 0. The smallest absolute Gasteiger partial charge is 0.263 e. The minimum atomic E-state index is 0.439. The van der Waals surface area contributed by atoms with E-state index in [0.717, 1.165) is 33.6 Å². The van der Waals surface area contributed by atoms with Crippen LogP contribution in [-0.4, -0.2) is 21.7 Å². The Morgan fingerprint density at radius 2 is 1.85 bits per heavy atom. The lowest BCUT2D eigenvalue weighted by atomic mass is 10.0. The van der Waals surface area contributed by atoms with Crippen molar-refractivity contribution in [2.75, 3.05) is 11.9 Å². The van der Waals surface area contributed by atoms with Crippen LogP contribution in [0.1, 0.15) is 12.5 Å². The number of nitrogens with one attached hydrogen (secondary N) is 1. The normalized spacial score (nSPS) is 10.8. The number of aryl methyl sites for hydroxylation is 1. The molecule has 4 rings (SSSR count). The second kappa shape index (κ2) is 6.84. The molecule has 0 aliphatic rings. The van der Waals surface area contributed by atoms with E-state index in [0.29, 0.717) is 18.1 Å². The Morgan fingerprint density at radius 3 is 2.69 bits per heavy atom. The van der Waals surface area contributed by atoms with Gasteiger partial charge in [-0.15, -0.1) is 0 Å². The van der Waals surface area contributed by atoms with Gasteiger partial charge in [-0.1, -0.05) is 41.6 Å². The van der Waals surface area contributed by atoms with E-state index in [-0.39, 0.29) is 0 Å². The highest BCUT2D eigenvalue weighted by Gasteiger charge is 2.18. The van der Waals surface area contributed by atoms with E-state index in [1.807, 2.05) is 62.4 Å². The zero-order valence-corrected chi connectivity index (χ0v) is 14.6. The summed E-state index contributed by atoms with van der Waals surface area (Å²) < 4.78 is 11.1. The molecule has 0 amide bonds. The predicted octanol–water partition coefficient (Wildman–Crippen LogP) is 4.74. The highest BCUT2D eigenvalue weighted by molar-refractivity contribution is 5.99. The minimum Gasteiger partial charge on any atom is -0.492 e. The molecule has 0 spiro atoms. The third-order valence-corrected chi connectivity index (χ3v) is 4.11. The molecule has 0 saturated carbocycles. The fourth-order valence-corrected chi connectivity index (χ4v) is 2.88. The number of ether oxygens (including phenoxy) is 1. The summed E-state index contributed by atoms with van der Waals surface area (Å²) >= 11 is 0. The first-order chi connectivity index (χ1) is 12.8. The number of nitrogens with zero attached hydrogens (tertiary/aromatic N) is 3. The topological polar surface area (TPSA) is 73.1 Å². The van der Waals surface area contributed by atoms with Gasteiger partial charge in [-0.3, -0.25) is 0 Å². The third kappa shape index (κ3) is 2.86. The Hall–Kier alpha value is -3.41. The molecular formula is C20H18N4O2. The molecule has 0 fully saturated rings. The molecule has 0 radical (unpaired) electrons. The highest BCUT2D eigenvalue weighted by atomic mass is 16.5. The van der Waals surface area contributed by atoms with E-state index in [9.17, 15) is 0 Å². The molecule has 6 nitrogen and oxygen atoms in total. The first-order valence-electron chi connectivity index (χ1n) is 8.43. The van der Waals surface area contributed by atoms with Crippen molar-refractivity contribution >= 4 is 22.6 Å². The molecule has 0 atom stereocenters. The molecule has 0 aliphatic heterocycles. The zero-order chi connectivity index (χ0) is 17.9. The van der Waals surface area contributed by atoms with Crippen LogP contribution in [0.4, 0.5) is 11.5 Å². The van der Waals surface area contributed by atoms with Crippen LogP contribution in [0.5, 0.6) is 5.75 Å². The van der Waals surface area contributed by atoms with Crippen LogP contribution in [-0.2, 0) is 0 Å². The number of fused-ring (bicyclic) bond motifs is 1. The van der Waals surface area contributed by atoms with Crippen LogP contribution < -0.4 is 10.1 Å². The van der Waals surface area contributed by atoms with Gasteiger partial charge in [0.05, 0.1) is 12.3 Å². The van der Waals surface area contributed by atoms with E-state index in [1.54, 1.807) is 0 Å². The number of aromatic nitrogens is 3. The van der Waals surface area contributed by atoms with E-state index in [1.165, 1.54) is 6.33 Å². The molecule has 2 aromatic carbocycles. The Balaban J connectivity index is 1.84. The summed E-state index contributed by atoms with van der Waals surface area (Å²) in [6.07, 6.45) is 1.46. The fraction of sp³-hybridized carbons (Fsp3) is 0.150. The summed E-state index contributed by atoms with van der Waals surface area (Å²) in [5.41, 5.74) is 4.07. The van der Waals surface area contributed by atoms with Crippen molar-refractivity contribution in [2.24, 2.45) is 0 Å². The van der Waals surface area contributed by atoms with E-state index in [2.05, 4.69) is 20.4 Å². The summed E-state index contributed by atoms with van der Waals surface area (Å²) in [5, 5.41) is 8.32. The molecule has 0 saturated heterocycles. The lowest BCUT2D eigenvalue weighted by molar-refractivity contribution is 0.342. The Kier molecular flexibility index (Phi) is 4.23. The van der Waals surface area contributed by atoms with Gasteiger partial charge in [-0.2, -0.15) is 4.98 Å². The van der Waals surface area contributed by atoms with Crippen LogP contribution in [0.3, 0.4) is 0 Å². The molecule has 0 bridgehead atoms. The maximum absolute atomic E-state index is 5.69. The number of benzene rings is 2. The van der Waals surface area contributed by atoms with Gasteiger partial charge in [0.15, 0.2) is 0 Å². The number of rotatable bonds is 5. The lowest BCUT2D eigenvalue weighted by Crippen LogP contribution is -2.00. The van der Waals surface area contributed by atoms with Crippen molar-refractivity contribution in [2.45, 2.75) is 13.8 Å². The van der Waals surface area contributed by atoms with Crippen molar-refractivity contribution in [1.29, 1.82) is 0 Å². The number of para-hydroxylation sites is 2. The van der Waals surface area contributed by atoms with Gasteiger partial charge in [-0.05, 0) is 31.5 Å². The van der Waals surface area contributed by atoms with Crippen molar-refractivity contribution in [3.63, 3.8) is 0 Å². The third-order valence-electron chi connectivity index (χ3n) is 4.11.